The average molecular weight is 256 g/mol. The van der Waals surface area contributed by atoms with Crippen LogP contribution in [0, 0.1) is 6.92 Å². The molecule has 98 valence electrons. The van der Waals surface area contributed by atoms with Crippen LogP contribution in [0.3, 0.4) is 0 Å². The number of hydrogen-bond acceptors (Lipinski definition) is 2. The van der Waals surface area contributed by atoms with Crippen LogP contribution in [0.1, 0.15) is 28.5 Å². The minimum atomic E-state index is -0.398. The van der Waals surface area contributed by atoms with Crippen LogP contribution in [0.15, 0.2) is 41.3 Å². The number of pyridine rings is 1. The number of carbonyl (C=O) groups excluding carboxylic acids is 1. The van der Waals surface area contributed by atoms with Crippen molar-refractivity contribution in [3.63, 3.8) is 0 Å². The van der Waals surface area contributed by atoms with E-state index in [2.05, 4.69) is 17.2 Å². The summed E-state index contributed by atoms with van der Waals surface area (Å²) in [5.41, 5.74) is 2.45. The third-order valence-corrected chi connectivity index (χ3v) is 2.92. The Balaban J connectivity index is 2.18. The largest absolute Gasteiger partial charge is 0.364 e. The van der Waals surface area contributed by atoms with Crippen LogP contribution in [0.25, 0.3) is 0 Å². The van der Waals surface area contributed by atoms with E-state index in [1.54, 1.807) is 6.92 Å². The zero-order chi connectivity index (χ0) is 13.8. The number of amides is 1. The molecule has 0 fully saturated rings. The molecule has 2 N–H and O–H groups in total. The van der Waals surface area contributed by atoms with Crippen molar-refractivity contribution in [3.8, 4) is 0 Å². The van der Waals surface area contributed by atoms with Crippen LogP contribution in [-0.4, -0.2) is 10.9 Å². The fraction of sp³-hybridized carbons (Fsp3) is 0.200. The molecule has 4 heteroatoms. The Morgan fingerprint density at radius 2 is 1.95 bits per heavy atom. The Morgan fingerprint density at radius 3 is 2.53 bits per heavy atom. The summed E-state index contributed by atoms with van der Waals surface area (Å²) in [5, 5.41) is 2.71. The quantitative estimate of drug-likeness (QED) is 0.886. The number of carbonyl (C=O) groups is 1. The minimum Gasteiger partial charge on any atom is -0.364 e. The van der Waals surface area contributed by atoms with Crippen molar-refractivity contribution in [2.24, 2.45) is 0 Å². The highest BCUT2D eigenvalue weighted by Gasteiger charge is 2.10. The van der Waals surface area contributed by atoms with Crippen molar-refractivity contribution in [2.45, 2.75) is 20.3 Å². The van der Waals surface area contributed by atoms with Gasteiger partial charge in [0.2, 0.25) is 0 Å². The van der Waals surface area contributed by atoms with Crippen molar-refractivity contribution >= 4 is 11.6 Å². The molecule has 0 atom stereocenters. The highest BCUT2D eigenvalue weighted by molar-refractivity contribution is 6.03. The summed E-state index contributed by atoms with van der Waals surface area (Å²) in [6.45, 7) is 3.84. The van der Waals surface area contributed by atoms with Crippen LogP contribution in [0.5, 0.6) is 0 Å². The fourth-order valence-corrected chi connectivity index (χ4v) is 1.77. The topological polar surface area (TPSA) is 62.0 Å². The third-order valence-electron chi connectivity index (χ3n) is 2.92. The van der Waals surface area contributed by atoms with E-state index < -0.39 is 5.91 Å². The highest BCUT2D eigenvalue weighted by atomic mass is 16.2. The lowest BCUT2D eigenvalue weighted by Crippen LogP contribution is -2.21. The number of nitrogens with one attached hydrogen (secondary N) is 2. The van der Waals surface area contributed by atoms with Gasteiger partial charge < -0.3 is 10.3 Å². The molecule has 1 amide bonds. The van der Waals surface area contributed by atoms with E-state index >= 15 is 0 Å². The molecular weight excluding hydrogens is 240 g/mol. The first kappa shape index (κ1) is 13.1. The molecule has 1 aromatic carbocycles. The number of benzene rings is 1. The first-order chi connectivity index (χ1) is 9.10. The maximum atomic E-state index is 12.0. The van der Waals surface area contributed by atoms with Gasteiger partial charge in [-0.1, -0.05) is 19.1 Å². The van der Waals surface area contributed by atoms with Crippen molar-refractivity contribution < 1.29 is 4.79 Å². The predicted octanol–water partition coefficient (Wildman–Crippen LogP) is 2.50. The monoisotopic (exact) mass is 256 g/mol. The zero-order valence-electron chi connectivity index (χ0n) is 11.0. The van der Waals surface area contributed by atoms with Gasteiger partial charge in [-0.2, -0.15) is 0 Å². The molecule has 2 rings (SSSR count). The Hall–Kier alpha value is -2.36. The van der Waals surface area contributed by atoms with Crippen LogP contribution in [-0.2, 0) is 6.42 Å². The smallest absolute Gasteiger partial charge is 0.261 e. The van der Waals surface area contributed by atoms with E-state index in [0.29, 0.717) is 5.69 Å². The molecule has 0 spiro atoms. The molecule has 0 saturated carbocycles. The predicted molar refractivity (Wildman–Crippen MR) is 75.6 cm³/mol. The van der Waals surface area contributed by atoms with E-state index in [1.807, 2.05) is 24.3 Å². The van der Waals surface area contributed by atoms with Gasteiger partial charge in [0.25, 0.3) is 5.91 Å². The Kier molecular flexibility index (Phi) is 3.80. The molecule has 0 aliphatic carbocycles. The van der Waals surface area contributed by atoms with Crippen LogP contribution >= 0.6 is 0 Å². The minimum absolute atomic E-state index is 0.116. The first-order valence-electron chi connectivity index (χ1n) is 6.19. The van der Waals surface area contributed by atoms with Crippen molar-refractivity contribution in [1.82, 2.24) is 4.98 Å². The Labute approximate surface area is 111 Å². The summed E-state index contributed by atoms with van der Waals surface area (Å²) in [5.74, 6) is -0.398. The molecule has 0 aliphatic heterocycles. The molecule has 1 heterocycles. The molecule has 19 heavy (non-hydrogen) atoms. The zero-order valence-corrected chi connectivity index (χ0v) is 11.0. The molecule has 1 aromatic heterocycles. The second kappa shape index (κ2) is 5.52. The van der Waals surface area contributed by atoms with E-state index in [4.69, 9.17) is 0 Å². The van der Waals surface area contributed by atoms with Gasteiger partial charge in [-0.25, -0.2) is 0 Å². The van der Waals surface area contributed by atoms with Gasteiger partial charge in [-0.15, -0.1) is 0 Å². The van der Waals surface area contributed by atoms with Crippen LogP contribution < -0.4 is 10.7 Å². The summed E-state index contributed by atoms with van der Waals surface area (Å²) in [6, 6.07) is 8.98. The number of hydrogen-bond donors (Lipinski definition) is 2. The Morgan fingerprint density at radius 1 is 1.26 bits per heavy atom. The molecule has 0 saturated heterocycles. The fourth-order valence-electron chi connectivity index (χ4n) is 1.77. The number of aryl methyl sites for hydroxylation is 2. The molecule has 0 unspecified atom stereocenters. The van der Waals surface area contributed by atoms with E-state index in [9.17, 15) is 9.59 Å². The van der Waals surface area contributed by atoms with Gasteiger partial charge in [-0.05, 0) is 31.0 Å². The van der Waals surface area contributed by atoms with Crippen molar-refractivity contribution in [3.05, 3.63) is 63.6 Å². The SMILES string of the molecule is CCc1ccc(NC(=O)c2c[nH]c(C)cc2=O)cc1. The summed E-state index contributed by atoms with van der Waals surface area (Å²) in [7, 11) is 0. The van der Waals surface area contributed by atoms with E-state index in [1.165, 1.54) is 17.8 Å². The molecular formula is C15H16N2O2. The van der Waals surface area contributed by atoms with Gasteiger partial charge in [-0.3, -0.25) is 9.59 Å². The summed E-state index contributed by atoms with van der Waals surface area (Å²) in [4.78, 5) is 26.5. The highest BCUT2D eigenvalue weighted by Crippen LogP contribution is 2.10. The number of anilines is 1. The molecule has 0 radical (unpaired) electrons. The molecule has 4 nitrogen and oxygen atoms in total. The number of aromatic amines is 1. The lowest BCUT2D eigenvalue weighted by Gasteiger charge is -2.06. The summed E-state index contributed by atoms with van der Waals surface area (Å²) < 4.78 is 0. The van der Waals surface area contributed by atoms with Crippen molar-refractivity contribution in [1.29, 1.82) is 0 Å². The van der Waals surface area contributed by atoms with E-state index in [-0.39, 0.29) is 11.0 Å². The molecule has 0 aliphatic rings. The summed E-state index contributed by atoms with van der Waals surface area (Å²) in [6.07, 6.45) is 2.39. The molecule has 2 aromatic rings. The van der Waals surface area contributed by atoms with Gasteiger partial charge in [0, 0.05) is 23.6 Å². The van der Waals surface area contributed by atoms with Gasteiger partial charge >= 0.3 is 0 Å². The molecule has 0 bridgehead atoms. The van der Waals surface area contributed by atoms with Crippen LogP contribution in [0.2, 0.25) is 0 Å². The average Bonchev–Trinajstić information content (AvgIpc) is 2.39. The van der Waals surface area contributed by atoms with E-state index in [0.717, 1.165) is 12.1 Å². The lowest BCUT2D eigenvalue weighted by atomic mass is 10.1. The first-order valence-corrected chi connectivity index (χ1v) is 6.19. The van der Waals surface area contributed by atoms with Crippen molar-refractivity contribution in [2.75, 3.05) is 5.32 Å². The van der Waals surface area contributed by atoms with Gasteiger partial charge in [0.1, 0.15) is 5.56 Å². The Bertz CT molecular complexity index is 642. The lowest BCUT2D eigenvalue weighted by molar-refractivity contribution is 0.102. The van der Waals surface area contributed by atoms with Gasteiger partial charge in [0.05, 0.1) is 0 Å². The standard InChI is InChI=1S/C15H16N2O2/c1-3-11-4-6-12(7-5-11)17-15(19)13-9-16-10(2)8-14(13)18/h4-9H,3H2,1-2H3,(H,16,18)(H,17,19). The van der Waals surface area contributed by atoms with Gasteiger partial charge in [0.15, 0.2) is 5.43 Å². The summed E-state index contributed by atoms with van der Waals surface area (Å²) >= 11 is 0. The second-order valence-electron chi connectivity index (χ2n) is 4.40. The third kappa shape index (κ3) is 3.10. The maximum absolute atomic E-state index is 12.0. The second-order valence-corrected chi connectivity index (χ2v) is 4.40. The number of aromatic nitrogens is 1. The number of H-pyrrole nitrogens is 1. The number of rotatable bonds is 3. The normalized spacial score (nSPS) is 10.2. The van der Waals surface area contributed by atoms with Crippen LogP contribution in [0.4, 0.5) is 5.69 Å². The maximum Gasteiger partial charge on any atom is 0.261 e.